The molecule has 20 heavy (non-hydrogen) atoms. The van der Waals surface area contributed by atoms with Crippen LogP contribution < -0.4 is 5.32 Å². The van der Waals surface area contributed by atoms with Gasteiger partial charge in [0.1, 0.15) is 0 Å². The molecule has 1 fully saturated rings. The zero-order chi connectivity index (χ0) is 14.9. The Morgan fingerprint density at radius 1 is 1.50 bits per heavy atom. The van der Waals surface area contributed by atoms with Gasteiger partial charge in [0.2, 0.25) is 0 Å². The van der Waals surface area contributed by atoms with Gasteiger partial charge in [0, 0.05) is 18.2 Å². The zero-order valence-electron chi connectivity index (χ0n) is 10.9. The van der Waals surface area contributed by atoms with Crippen molar-refractivity contribution in [3.63, 3.8) is 0 Å². The molecule has 6 nitrogen and oxygen atoms in total. The first-order valence-corrected chi connectivity index (χ1v) is 8.37. The van der Waals surface area contributed by atoms with Gasteiger partial charge in [-0.05, 0) is 25.3 Å². The maximum Gasteiger partial charge on any atom is 0.273 e. The molecule has 0 amide bonds. The van der Waals surface area contributed by atoms with Crippen LogP contribution in [0.5, 0.6) is 0 Å². The predicted molar refractivity (Wildman–Crippen MR) is 78.1 cm³/mol. The number of nitrogens with zero attached hydrogens (tertiary/aromatic N) is 1. The van der Waals surface area contributed by atoms with Gasteiger partial charge < -0.3 is 5.32 Å². The quantitative estimate of drug-likeness (QED) is 0.680. The molecule has 1 aromatic carbocycles. The molecule has 0 saturated carbocycles. The predicted octanol–water partition coefficient (Wildman–Crippen LogP) is 2.40. The van der Waals surface area contributed by atoms with Crippen molar-refractivity contribution < 1.29 is 13.3 Å². The number of nitro benzene ring substituents is 1. The summed E-state index contributed by atoms with van der Waals surface area (Å²) in [6.45, 7) is 2.13. The second-order valence-electron chi connectivity index (χ2n) is 5.03. The van der Waals surface area contributed by atoms with Crippen molar-refractivity contribution in [1.29, 1.82) is 0 Å². The lowest BCUT2D eigenvalue weighted by atomic mass is 10.1. The Morgan fingerprint density at radius 2 is 2.20 bits per heavy atom. The summed E-state index contributed by atoms with van der Waals surface area (Å²) in [5.74, 6) is 0.474. The first-order valence-electron chi connectivity index (χ1n) is 6.17. The monoisotopic (exact) mass is 318 g/mol. The van der Waals surface area contributed by atoms with Gasteiger partial charge in [-0.2, -0.15) is 0 Å². The third-order valence-electron chi connectivity index (χ3n) is 3.39. The highest BCUT2D eigenvalue weighted by Crippen LogP contribution is 2.31. The number of halogens is 1. The number of hydrogen-bond donors (Lipinski definition) is 1. The van der Waals surface area contributed by atoms with Crippen LogP contribution in [0, 0.1) is 23.0 Å². The zero-order valence-corrected chi connectivity index (χ0v) is 12.5. The molecule has 2 rings (SSSR count). The fourth-order valence-electron chi connectivity index (χ4n) is 2.29. The summed E-state index contributed by atoms with van der Waals surface area (Å²) in [7, 11) is -2.90. The van der Waals surface area contributed by atoms with E-state index in [9.17, 15) is 18.5 Å². The van der Waals surface area contributed by atoms with Gasteiger partial charge in [0.05, 0.1) is 27.1 Å². The van der Waals surface area contributed by atoms with Gasteiger partial charge in [-0.3, -0.25) is 10.1 Å². The van der Waals surface area contributed by atoms with Gasteiger partial charge in [-0.25, -0.2) is 8.42 Å². The van der Waals surface area contributed by atoms with Crippen LogP contribution in [0.4, 0.5) is 11.4 Å². The first-order chi connectivity index (χ1) is 9.28. The molecule has 1 heterocycles. The van der Waals surface area contributed by atoms with E-state index < -0.39 is 14.8 Å². The number of benzene rings is 1. The molecule has 1 atom stereocenters. The summed E-state index contributed by atoms with van der Waals surface area (Å²) in [5, 5.41) is 14.1. The van der Waals surface area contributed by atoms with Crippen molar-refractivity contribution in [1.82, 2.24) is 0 Å². The van der Waals surface area contributed by atoms with Crippen molar-refractivity contribution in [2.24, 2.45) is 5.92 Å². The third kappa shape index (κ3) is 3.40. The Hall–Kier alpha value is -1.34. The lowest BCUT2D eigenvalue weighted by Crippen LogP contribution is -2.16. The smallest absolute Gasteiger partial charge is 0.273 e. The van der Waals surface area contributed by atoms with E-state index in [-0.39, 0.29) is 28.1 Å². The van der Waals surface area contributed by atoms with Crippen molar-refractivity contribution in [2.45, 2.75) is 13.3 Å². The molecule has 8 heteroatoms. The highest BCUT2D eigenvalue weighted by Gasteiger charge is 2.27. The molecule has 0 bridgehead atoms. The van der Waals surface area contributed by atoms with Gasteiger partial charge in [0.15, 0.2) is 9.84 Å². The molecule has 0 aromatic heterocycles. The highest BCUT2D eigenvalue weighted by atomic mass is 35.5. The average Bonchev–Trinajstić information content (AvgIpc) is 2.69. The van der Waals surface area contributed by atoms with Crippen molar-refractivity contribution in [2.75, 3.05) is 23.4 Å². The van der Waals surface area contributed by atoms with Crippen LogP contribution in [0.1, 0.15) is 12.0 Å². The number of nitro groups is 1. The summed E-state index contributed by atoms with van der Waals surface area (Å²) in [6, 6.07) is 2.93. The molecular formula is C12H15ClN2O4S. The maximum atomic E-state index is 11.4. The van der Waals surface area contributed by atoms with E-state index in [2.05, 4.69) is 5.32 Å². The number of hydrogen-bond acceptors (Lipinski definition) is 5. The lowest BCUT2D eigenvalue weighted by molar-refractivity contribution is -0.385. The molecule has 1 aromatic rings. The van der Waals surface area contributed by atoms with Crippen molar-refractivity contribution in [3.05, 3.63) is 32.8 Å². The maximum absolute atomic E-state index is 11.4. The molecule has 1 N–H and O–H groups in total. The van der Waals surface area contributed by atoms with Crippen LogP contribution in [0.25, 0.3) is 0 Å². The van der Waals surface area contributed by atoms with E-state index in [0.29, 0.717) is 24.2 Å². The second kappa shape index (κ2) is 5.57. The van der Waals surface area contributed by atoms with Crippen LogP contribution in [0.2, 0.25) is 5.02 Å². The Kier molecular flexibility index (Phi) is 4.19. The minimum Gasteiger partial charge on any atom is -0.384 e. The summed E-state index contributed by atoms with van der Waals surface area (Å²) in [4.78, 5) is 10.3. The minimum absolute atomic E-state index is 0.0241. The molecule has 0 unspecified atom stereocenters. The number of sulfone groups is 1. The fraction of sp³-hybridized carbons (Fsp3) is 0.500. The SMILES string of the molecule is Cc1cc(NC[C@@H]2CCS(=O)(=O)C2)c(Cl)cc1[N+](=O)[O-]. The number of anilines is 1. The van der Waals surface area contributed by atoms with E-state index in [1.807, 2.05) is 0 Å². The normalized spacial score (nSPS) is 20.8. The largest absolute Gasteiger partial charge is 0.384 e. The number of nitrogens with one attached hydrogen (secondary N) is 1. The van der Waals surface area contributed by atoms with Crippen LogP contribution in [-0.4, -0.2) is 31.4 Å². The van der Waals surface area contributed by atoms with Crippen molar-refractivity contribution >= 4 is 32.8 Å². The number of aryl methyl sites for hydroxylation is 1. The van der Waals surface area contributed by atoms with E-state index in [1.165, 1.54) is 6.07 Å². The number of rotatable bonds is 4. The van der Waals surface area contributed by atoms with Gasteiger partial charge in [-0.15, -0.1) is 0 Å². The molecular weight excluding hydrogens is 304 g/mol. The standard InChI is InChI=1S/C12H15ClN2O4S/c1-8-4-11(10(13)5-12(8)15(16)17)14-6-9-2-3-20(18,19)7-9/h4-5,9,14H,2-3,6-7H2,1H3/t9-/m0/s1. The molecule has 0 aliphatic carbocycles. The summed E-state index contributed by atoms with van der Waals surface area (Å²) in [5.41, 5.74) is 1.09. The van der Waals surface area contributed by atoms with Crippen LogP contribution in [0.3, 0.4) is 0 Å². The van der Waals surface area contributed by atoms with Crippen LogP contribution in [0.15, 0.2) is 12.1 Å². The van der Waals surface area contributed by atoms with E-state index in [1.54, 1.807) is 13.0 Å². The van der Waals surface area contributed by atoms with E-state index in [4.69, 9.17) is 11.6 Å². The van der Waals surface area contributed by atoms with Crippen LogP contribution >= 0.6 is 11.6 Å². The van der Waals surface area contributed by atoms with Crippen LogP contribution in [-0.2, 0) is 9.84 Å². The van der Waals surface area contributed by atoms with Gasteiger partial charge in [0.25, 0.3) is 5.69 Å². The average molecular weight is 319 g/mol. The lowest BCUT2D eigenvalue weighted by Gasteiger charge is -2.13. The molecule has 1 aliphatic heterocycles. The Labute approximate surface area is 122 Å². The fourth-order valence-corrected chi connectivity index (χ4v) is 4.38. The topological polar surface area (TPSA) is 89.3 Å². The second-order valence-corrected chi connectivity index (χ2v) is 7.66. The Morgan fingerprint density at radius 3 is 2.75 bits per heavy atom. The third-order valence-corrected chi connectivity index (χ3v) is 5.54. The molecule has 1 saturated heterocycles. The minimum atomic E-state index is -2.90. The molecule has 0 spiro atoms. The summed E-state index contributed by atoms with van der Waals surface area (Å²) < 4.78 is 22.7. The molecule has 1 aliphatic rings. The van der Waals surface area contributed by atoms with E-state index in [0.717, 1.165) is 0 Å². The van der Waals surface area contributed by atoms with E-state index >= 15 is 0 Å². The first kappa shape index (κ1) is 15.1. The van der Waals surface area contributed by atoms with Gasteiger partial charge >= 0.3 is 0 Å². The summed E-state index contributed by atoms with van der Waals surface area (Å²) >= 11 is 6.00. The summed E-state index contributed by atoms with van der Waals surface area (Å²) in [6.07, 6.45) is 0.638. The Balaban J connectivity index is 2.07. The van der Waals surface area contributed by atoms with Crippen molar-refractivity contribution in [3.8, 4) is 0 Å². The van der Waals surface area contributed by atoms with Gasteiger partial charge in [-0.1, -0.05) is 11.6 Å². The molecule has 0 radical (unpaired) electrons. The Bertz CT molecular complexity index is 645. The highest BCUT2D eigenvalue weighted by molar-refractivity contribution is 7.91. The molecule has 110 valence electrons.